The molecule has 7 heteroatoms. The van der Waals surface area contributed by atoms with Gasteiger partial charge in [-0.1, -0.05) is 74.9 Å². The lowest BCUT2D eigenvalue weighted by Gasteiger charge is -2.17. The maximum Gasteiger partial charge on any atom is 0.416 e. The zero-order chi connectivity index (χ0) is 28.0. The Bertz CT molecular complexity index is 1670. The van der Waals surface area contributed by atoms with E-state index in [0.717, 1.165) is 39.9 Å². The molecule has 1 N–H and O–H groups in total. The molecule has 2 aromatic heterocycles. The molecule has 5 aromatic rings. The number of alkyl halides is 3. The van der Waals surface area contributed by atoms with Gasteiger partial charge >= 0.3 is 6.18 Å². The highest BCUT2D eigenvalue weighted by atomic mass is 19.4. The number of imidazole rings is 1. The average molecular weight is 525 g/mol. The summed E-state index contributed by atoms with van der Waals surface area (Å²) in [5.41, 5.74) is 5.68. The highest BCUT2D eigenvalue weighted by Crippen LogP contribution is 2.33. The fourth-order valence-electron chi connectivity index (χ4n) is 4.11. The number of aromatic nitrogens is 3. The third-order valence-corrected chi connectivity index (χ3v) is 5.95. The van der Waals surface area contributed by atoms with Gasteiger partial charge < -0.3 is 5.32 Å². The summed E-state index contributed by atoms with van der Waals surface area (Å²) in [5, 5.41) is 7.35. The van der Waals surface area contributed by atoms with E-state index in [1.54, 1.807) is 23.0 Å². The predicted octanol–water partition coefficient (Wildman–Crippen LogP) is 8.23. The summed E-state index contributed by atoms with van der Waals surface area (Å²) in [6, 6.07) is 22.4. The highest BCUT2D eigenvalue weighted by Gasteiger charge is 2.30. The van der Waals surface area contributed by atoms with Gasteiger partial charge in [-0.3, -0.25) is 0 Å². The molecule has 2 heterocycles. The molecule has 0 fully saturated rings. The SMILES string of the molecule is C=C(Nc1cccc(C(F)(F)F)c1)c1ccc(-c2ccccc2)c(C#Cc2cnc3cccnn23)c1C.CC. The molecule has 196 valence electrons. The third kappa shape index (κ3) is 6.02. The van der Waals surface area contributed by atoms with E-state index in [-0.39, 0.29) is 0 Å². The van der Waals surface area contributed by atoms with Crippen molar-refractivity contribution in [3.8, 4) is 23.0 Å². The van der Waals surface area contributed by atoms with Crippen molar-refractivity contribution in [1.29, 1.82) is 0 Å². The maximum atomic E-state index is 13.2. The molecule has 3 aromatic carbocycles. The standard InChI is InChI=1S/C30H21F3N4.C2H6/c1-20-26(21(2)36-24-11-6-10-23(18-24)30(31,32)33)15-16-28(22-8-4-3-5-9-22)27(20)14-13-25-19-34-29-12-7-17-35-37(25)29;1-2/h3-12,15-19,36H,2H2,1H3;1-2H3. The molecule has 0 unspecified atom stereocenters. The average Bonchev–Trinajstić information content (AvgIpc) is 3.36. The minimum absolute atomic E-state index is 0.302. The first-order chi connectivity index (χ1) is 18.8. The Morgan fingerprint density at radius 1 is 0.923 bits per heavy atom. The van der Waals surface area contributed by atoms with Crippen molar-refractivity contribution in [2.75, 3.05) is 5.32 Å². The number of hydrogen-bond donors (Lipinski definition) is 1. The van der Waals surface area contributed by atoms with Gasteiger partial charge in [0.25, 0.3) is 0 Å². The Morgan fingerprint density at radius 2 is 1.69 bits per heavy atom. The highest BCUT2D eigenvalue weighted by molar-refractivity contribution is 5.82. The van der Waals surface area contributed by atoms with Crippen LogP contribution in [0.2, 0.25) is 0 Å². The summed E-state index contributed by atoms with van der Waals surface area (Å²) in [4.78, 5) is 4.34. The van der Waals surface area contributed by atoms with Crippen molar-refractivity contribution >= 4 is 17.0 Å². The van der Waals surface area contributed by atoms with E-state index >= 15 is 0 Å². The van der Waals surface area contributed by atoms with Crippen LogP contribution in [0.5, 0.6) is 0 Å². The zero-order valence-electron chi connectivity index (χ0n) is 21.8. The van der Waals surface area contributed by atoms with Crippen LogP contribution in [0, 0.1) is 18.8 Å². The fraction of sp³-hybridized carbons (Fsp3) is 0.125. The van der Waals surface area contributed by atoms with Crippen LogP contribution in [-0.4, -0.2) is 14.6 Å². The third-order valence-electron chi connectivity index (χ3n) is 5.95. The molecular formula is C32H27F3N4. The Labute approximate surface area is 225 Å². The first-order valence-corrected chi connectivity index (χ1v) is 12.4. The van der Waals surface area contributed by atoms with E-state index in [0.29, 0.717) is 22.7 Å². The second-order valence-electron chi connectivity index (χ2n) is 8.40. The number of nitrogens with zero attached hydrogens (tertiary/aromatic N) is 3. The molecule has 0 bridgehead atoms. The number of halogens is 3. The zero-order valence-corrected chi connectivity index (χ0v) is 21.8. The van der Waals surface area contributed by atoms with E-state index in [1.807, 2.05) is 75.4 Å². The lowest BCUT2D eigenvalue weighted by atomic mass is 9.91. The van der Waals surface area contributed by atoms with Crippen LogP contribution < -0.4 is 5.32 Å². The van der Waals surface area contributed by atoms with Gasteiger partial charge in [0.1, 0.15) is 5.69 Å². The molecule has 0 saturated heterocycles. The molecule has 0 amide bonds. The topological polar surface area (TPSA) is 42.2 Å². The molecular weight excluding hydrogens is 497 g/mol. The monoisotopic (exact) mass is 524 g/mol. The molecule has 39 heavy (non-hydrogen) atoms. The van der Waals surface area contributed by atoms with Crippen LogP contribution in [0.25, 0.3) is 22.5 Å². The molecule has 0 aliphatic rings. The Hall–Kier alpha value is -4.83. The van der Waals surface area contributed by atoms with Crippen molar-refractivity contribution in [3.05, 3.63) is 126 Å². The summed E-state index contributed by atoms with van der Waals surface area (Å²) in [7, 11) is 0. The van der Waals surface area contributed by atoms with Crippen molar-refractivity contribution in [2.45, 2.75) is 26.9 Å². The van der Waals surface area contributed by atoms with E-state index < -0.39 is 11.7 Å². The lowest BCUT2D eigenvalue weighted by molar-refractivity contribution is -0.137. The van der Waals surface area contributed by atoms with Crippen molar-refractivity contribution in [2.24, 2.45) is 0 Å². The number of benzene rings is 3. The first kappa shape index (κ1) is 27.2. The number of anilines is 1. The van der Waals surface area contributed by atoms with Gasteiger partial charge in [-0.2, -0.15) is 18.3 Å². The molecule has 0 saturated carbocycles. The lowest BCUT2D eigenvalue weighted by Crippen LogP contribution is -2.06. The van der Waals surface area contributed by atoms with Crippen molar-refractivity contribution in [1.82, 2.24) is 14.6 Å². The van der Waals surface area contributed by atoms with Gasteiger partial charge in [0, 0.05) is 28.7 Å². The van der Waals surface area contributed by atoms with Gasteiger partial charge in [0.05, 0.1) is 11.8 Å². The number of rotatable bonds is 4. The van der Waals surface area contributed by atoms with Crippen LogP contribution in [0.1, 0.15) is 41.8 Å². The number of nitrogens with one attached hydrogen (secondary N) is 1. The van der Waals surface area contributed by atoms with Crippen molar-refractivity contribution in [3.63, 3.8) is 0 Å². The van der Waals surface area contributed by atoms with Crippen molar-refractivity contribution < 1.29 is 13.2 Å². The van der Waals surface area contributed by atoms with Crippen LogP contribution >= 0.6 is 0 Å². The normalized spacial score (nSPS) is 10.7. The van der Waals surface area contributed by atoms with E-state index in [4.69, 9.17) is 0 Å². The molecule has 0 radical (unpaired) electrons. The summed E-state index contributed by atoms with van der Waals surface area (Å²) < 4.78 is 41.2. The summed E-state index contributed by atoms with van der Waals surface area (Å²) in [6.07, 6.45) is -1.09. The van der Waals surface area contributed by atoms with E-state index in [2.05, 4.69) is 33.8 Å². The minimum Gasteiger partial charge on any atom is -0.356 e. The Balaban J connectivity index is 0.00000172. The van der Waals surface area contributed by atoms with Gasteiger partial charge in [0.15, 0.2) is 5.65 Å². The molecule has 0 spiro atoms. The van der Waals surface area contributed by atoms with Gasteiger partial charge in [0.2, 0.25) is 0 Å². The van der Waals surface area contributed by atoms with Crippen LogP contribution in [0.4, 0.5) is 18.9 Å². The minimum atomic E-state index is -4.43. The molecule has 5 rings (SSSR count). The van der Waals surface area contributed by atoms with Crippen LogP contribution in [-0.2, 0) is 6.18 Å². The maximum absolute atomic E-state index is 13.2. The Kier molecular flexibility index (Phi) is 8.16. The second kappa shape index (κ2) is 11.7. The smallest absolute Gasteiger partial charge is 0.356 e. The molecule has 0 aliphatic carbocycles. The Morgan fingerprint density at radius 3 is 2.44 bits per heavy atom. The van der Waals surface area contributed by atoms with Crippen LogP contribution in [0.3, 0.4) is 0 Å². The predicted molar refractivity (Wildman–Crippen MR) is 151 cm³/mol. The fourth-order valence-corrected chi connectivity index (χ4v) is 4.11. The molecule has 0 atom stereocenters. The summed E-state index contributed by atoms with van der Waals surface area (Å²) in [5.74, 6) is 6.48. The van der Waals surface area contributed by atoms with E-state index in [9.17, 15) is 13.2 Å². The van der Waals surface area contributed by atoms with Gasteiger partial charge in [-0.05, 0) is 59.9 Å². The van der Waals surface area contributed by atoms with Gasteiger partial charge in [-0.25, -0.2) is 9.50 Å². The summed E-state index contributed by atoms with van der Waals surface area (Å²) in [6.45, 7) is 10.0. The first-order valence-electron chi connectivity index (χ1n) is 12.4. The van der Waals surface area contributed by atoms with Crippen LogP contribution in [0.15, 0.2) is 97.8 Å². The number of hydrogen-bond acceptors (Lipinski definition) is 3. The largest absolute Gasteiger partial charge is 0.416 e. The molecule has 0 aliphatic heterocycles. The van der Waals surface area contributed by atoms with Gasteiger partial charge in [-0.15, -0.1) is 0 Å². The quantitative estimate of drug-likeness (QED) is 0.241. The second-order valence-corrected chi connectivity index (χ2v) is 8.40. The summed E-state index contributed by atoms with van der Waals surface area (Å²) >= 11 is 0. The van der Waals surface area contributed by atoms with E-state index in [1.165, 1.54) is 6.07 Å². The molecule has 4 nitrogen and oxygen atoms in total. The number of fused-ring (bicyclic) bond motifs is 1.